The molecule has 4 aliphatic rings. The number of urea groups is 1. The molecule has 5 N–H and O–H groups in total. The molecule has 19 nitrogen and oxygen atoms in total. The summed E-state index contributed by atoms with van der Waals surface area (Å²) in [4.78, 5) is 65.1. The summed E-state index contributed by atoms with van der Waals surface area (Å²) in [6.07, 6.45) is 1.27. The van der Waals surface area contributed by atoms with E-state index in [1.54, 1.807) is 30.1 Å². The van der Waals surface area contributed by atoms with Crippen molar-refractivity contribution in [3.05, 3.63) is 54.2 Å². The van der Waals surface area contributed by atoms with Gasteiger partial charge in [-0.25, -0.2) is 9.78 Å². The molecule has 3 aromatic rings. The van der Waals surface area contributed by atoms with Crippen LogP contribution in [0.5, 0.6) is 5.75 Å². The third kappa shape index (κ3) is 14.7. The first-order valence-electron chi connectivity index (χ1n) is 23.8. The number of carbonyl (C=O) groups is 4. The zero-order chi connectivity index (χ0) is 49.5. The Hall–Kier alpha value is -5.62. The Kier molecular flexibility index (Phi) is 19.0. The molecule has 4 aliphatic heterocycles. The first-order valence-corrected chi connectivity index (χ1v) is 24.9. The van der Waals surface area contributed by atoms with E-state index in [4.69, 9.17) is 18.9 Å². The molecule has 0 spiro atoms. The van der Waals surface area contributed by atoms with Crippen molar-refractivity contribution in [2.45, 2.75) is 62.0 Å². The number of piperazine rings is 1. The number of alkyl halides is 3. The molecule has 1 aromatic heterocycles. The third-order valence-electron chi connectivity index (χ3n) is 12.4. The fraction of sp³-hybridized carbons (Fsp3) is 0.574. The second-order valence-corrected chi connectivity index (χ2v) is 18.6. The van der Waals surface area contributed by atoms with Gasteiger partial charge in [0.15, 0.2) is 5.82 Å². The highest BCUT2D eigenvalue weighted by atomic mass is 32.2. The van der Waals surface area contributed by atoms with Gasteiger partial charge in [0.2, 0.25) is 17.8 Å². The van der Waals surface area contributed by atoms with Gasteiger partial charge in [0.25, 0.3) is 5.91 Å². The largest absolute Gasteiger partial charge is 0.494 e. The van der Waals surface area contributed by atoms with Crippen LogP contribution < -0.4 is 46.0 Å². The fourth-order valence-corrected chi connectivity index (χ4v) is 10.3. The SMILES string of the molecule is COc1cc(N2CCN(CC(=O)NCCCOCCOCCOCCCNC(=O)CCCC[C@@H]3SC[C@@H]4NC(=O)N[C@@H]43)CC2)ccc1Nc1ncc2c(n1)N(C)c1ccccc1C(=O)N2CC(F)(F)F. The van der Waals surface area contributed by atoms with Gasteiger partial charge in [-0.15, -0.1) is 0 Å². The molecular weight excluding hydrogens is 936 g/mol. The number of hydrogen-bond donors (Lipinski definition) is 5. The summed E-state index contributed by atoms with van der Waals surface area (Å²) in [5.74, 6) is 0.873. The lowest BCUT2D eigenvalue weighted by Gasteiger charge is -2.36. The number of benzene rings is 2. The predicted molar refractivity (Wildman–Crippen MR) is 261 cm³/mol. The maximum atomic E-state index is 13.7. The number of amides is 5. The number of halogens is 3. The van der Waals surface area contributed by atoms with E-state index in [-0.39, 0.29) is 52.9 Å². The van der Waals surface area contributed by atoms with Gasteiger partial charge in [0.05, 0.1) is 75.3 Å². The summed E-state index contributed by atoms with van der Waals surface area (Å²) in [6.45, 7) is 5.44. The van der Waals surface area contributed by atoms with Gasteiger partial charge >= 0.3 is 12.2 Å². The summed E-state index contributed by atoms with van der Waals surface area (Å²) >= 11 is 1.89. The molecule has 0 saturated carbocycles. The van der Waals surface area contributed by atoms with Crippen molar-refractivity contribution in [2.24, 2.45) is 0 Å². The second kappa shape index (κ2) is 25.5. The van der Waals surface area contributed by atoms with Crippen LogP contribution >= 0.6 is 11.8 Å². The minimum Gasteiger partial charge on any atom is -0.494 e. The van der Waals surface area contributed by atoms with Gasteiger partial charge in [0, 0.05) is 88.7 Å². The Bertz CT molecular complexity index is 2240. The third-order valence-corrected chi connectivity index (χ3v) is 13.9. The number of hydrogen-bond acceptors (Lipinski definition) is 15. The summed E-state index contributed by atoms with van der Waals surface area (Å²) in [5.41, 5.74) is 1.90. The fourth-order valence-electron chi connectivity index (χ4n) is 8.75. The van der Waals surface area contributed by atoms with Crippen LogP contribution in [0.4, 0.5) is 52.5 Å². The molecule has 382 valence electrons. The quantitative estimate of drug-likeness (QED) is 0.0558. The van der Waals surface area contributed by atoms with Crippen LogP contribution in [-0.4, -0.2) is 174 Å². The van der Waals surface area contributed by atoms with Crippen molar-refractivity contribution in [3.63, 3.8) is 0 Å². The highest BCUT2D eigenvalue weighted by Crippen LogP contribution is 2.41. The summed E-state index contributed by atoms with van der Waals surface area (Å²) in [6, 6.07) is 12.4. The number of aromatic nitrogens is 2. The smallest absolute Gasteiger partial charge is 0.406 e. The lowest BCUT2D eigenvalue weighted by Crippen LogP contribution is -2.49. The maximum Gasteiger partial charge on any atom is 0.406 e. The molecule has 5 heterocycles. The van der Waals surface area contributed by atoms with Crippen LogP contribution in [0.1, 0.15) is 48.9 Å². The lowest BCUT2D eigenvalue weighted by atomic mass is 10.0. The van der Waals surface area contributed by atoms with Crippen LogP contribution in [0.3, 0.4) is 0 Å². The van der Waals surface area contributed by atoms with E-state index in [0.717, 1.165) is 37.1 Å². The number of methoxy groups -OCH3 is 1. The second-order valence-electron chi connectivity index (χ2n) is 17.4. The number of carbonyl (C=O) groups excluding carboxylic acids is 4. The van der Waals surface area contributed by atoms with E-state index in [1.807, 2.05) is 30.0 Å². The molecule has 3 atom stereocenters. The first kappa shape index (κ1) is 52.2. The zero-order valence-electron chi connectivity index (χ0n) is 39.7. The molecule has 2 aromatic carbocycles. The Morgan fingerprint density at radius 3 is 2.27 bits per heavy atom. The van der Waals surface area contributed by atoms with E-state index in [0.29, 0.717) is 126 Å². The van der Waals surface area contributed by atoms with Crippen molar-refractivity contribution in [2.75, 3.05) is 132 Å². The van der Waals surface area contributed by atoms with Crippen molar-refractivity contribution >= 4 is 70.0 Å². The van der Waals surface area contributed by atoms with Gasteiger partial charge in [-0.3, -0.25) is 24.2 Å². The van der Waals surface area contributed by atoms with Gasteiger partial charge in [-0.1, -0.05) is 18.6 Å². The molecule has 3 saturated heterocycles. The maximum absolute atomic E-state index is 13.7. The summed E-state index contributed by atoms with van der Waals surface area (Å²) < 4.78 is 63.6. The van der Waals surface area contributed by atoms with Crippen molar-refractivity contribution in [1.82, 2.24) is 36.1 Å². The average molecular weight is 1000 g/mol. The zero-order valence-corrected chi connectivity index (χ0v) is 40.5. The number of ether oxygens (including phenoxy) is 4. The van der Waals surface area contributed by atoms with Gasteiger partial charge in [-0.2, -0.15) is 29.9 Å². The van der Waals surface area contributed by atoms with E-state index >= 15 is 0 Å². The van der Waals surface area contributed by atoms with Crippen LogP contribution in [0.15, 0.2) is 48.7 Å². The van der Waals surface area contributed by atoms with E-state index in [1.165, 1.54) is 19.4 Å². The minimum atomic E-state index is -4.66. The van der Waals surface area contributed by atoms with Crippen LogP contribution in [0.25, 0.3) is 0 Å². The molecule has 0 unspecified atom stereocenters. The number of para-hydroxylation sites is 1. The first-order chi connectivity index (χ1) is 33.9. The standard InChI is InChI=1S/C47H64F3N11O8S/c1-58-36-10-4-3-9-33(36)44(64)61(31-47(48,49)50)37-28-53-45(57-43(37)58)54-34-14-13-32(27-38(34)66-2)60-19-17-59(18-20-60)29-41(63)52-16-8-22-68-24-26-69-25-23-67-21-7-15-51-40(62)12-6-5-11-39-42-35(30-70-39)55-46(65)56-42/h3-4,9-10,13-14,27-28,35,39,42H,5-8,11-12,15-26,29-31H2,1-2H3,(H,51,62)(H,52,63)(H,53,54,57)(H2,55,56,65)/t35-,39-,42-/m0/s1. The lowest BCUT2D eigenvalue weighted by molar-refractivity contribution is -0.122. The van der Waals surface area contributed by atoms with E-state index in [2.05, 4.69) is 46.4 Å². The van der Waals surface area contributed by atoms with Gasteiger partial charge in [-0.05, 0) is 49.9 Å². The normalized spacial score (nSPS) is 18.9. The molecule has 5 amide bonds. The molecular formula is C47H64F3N11O8S. The molecule has 0 radical (unpaired) electrons. The van der Waals surface area contributed by atoms with Crippen LogP contribution in [0.2, 0.25) is 0 Å². The highest BCUT2D eigenvalue weighted by Gasteiger charge is 2.43. The molecule has 7 rings (SSSR count). The summed E-state index contributed by atoms with van der Waals surface area (Å²) in [5, 5.41) is 15.4. The molecule has 23 heteroatoms. The molecule has 3 fully saturated rings. The Labute approximate surface area is 410 Å². The number of unbranched alkanes of at least 4 members (excludes halogenated alkanes) is 1. The number of fused-ring (bicyclic) bond motifs is 3. The summed E-state index contributed by atoms with van der Waals surface area (Å²) in [7, 11) is 3.17. The Morgan fingerprint density at radius 1 is 0.857 bits per heavy atom. The predicted octanol–water partition coefficient (Wildman–Crippen LogP) is 4.43. The number of rotatable bonds is 26. The van der Waals surface area contributed by atoms with Crippen LogP contribution in [-0.2, 0) is 23.8 Å². The topological polar surface area (TPSA) is 204 Å². The molecule has 0 aliphatic carbocycles. The van der Waals surface area contributed by atoms with Crippen LogP contribution in [0, 0.1) is 0 Å². The van der Waals surface area contributed by atoms with E-state index < -0.39 is 18.6 Å². The Balaban J connectivity index is 0.706. The van der Waals surface area contributed by atoms with Gasteiger partial charge < -0.3 is 55.3 Å². The number of nitrogens with one attached hydrogen (secondary N) is 5. The molecule has 70 heavy (non-hydrogen) atoms. The Morgan fingerprint density at radius 2 is 1.56 bits per heavy atom. The highest BCUT2D eigenvalue weighted by molar-refractivity contribution is 8.00. The van der Waals surface area contributed by atoms with Crippen molar-refractivity contribution < 1.29 is 51.3 Å². The number of anilines is 6. The average Bonchev–Trinajstić information content (AvgIpc) is 3.89. The minimum absolute atomic E-state index is 0.0467. The van der Waals surface area contributed by atoms with Crippen molar-refractivity contribution in [1.29, 1.82) is 0 Å². The van der Waals surface area contributed by atoms with Gasteiger partial charge in [0.1, 0.15) is 18.0 Å². The number of nitrogens with zero attached hydrogens (tertiary/aromatic N) is 6. The monoisotopic (exact) mass is 999 g/mol. The molecule has 0 bridgehead atoms. The van der Waals surface area contributed by atoms with E-state index in [9.17, 15) is 32.3 Å². The number of thioether (sulfide) groups is 1. The van der Waals surface area contributed by atoms with Crippen molar-refractivity contribution in [3.8, 4) is 5.75 Å².